The van der Waals surface area contributed by atoms with Gasteiger partial charge in [0.1, 0.15) is 5.60 Å². The van der Waals surface area contributed by atoms with Crippen LogP contribution in [0.25, 0.3) is 0 Å². The number of rotatable bonds is 8. The van der Waals surface area contributed by atoms with Crippen LogP contribution in [0.5, 0.6) is 0 Å². The van der Waals surface area contributed by atoms with E-state index in [2.05, 4.69) is 74.6 Å². The van der Waals surface area contributed by atoms with Crippen LogP contribution in [0.3, 0.4) is 0 Å². The fraction of sp³-hybridized carbons (Fsp3) is 0.367. The molecule has 1 atom stereocenters. The summed E-state index contributed by atoms with van der Waals surface area (Å²) in [5.41, 5.74) is 7.16. The van der Waals surface area contributed by atoms with Crippen LogP contribution >= 0.6 is 0 Å². The summed E-state index contributed by atoms with van der Waals surface area (Å²) in [6, 6.07) is 28.4. The van der Waals surface area contributed by atoms with Crippen LogP contribution in [-0.2, 0) is 15.6 Å². The topological polar surface area (TPSA) is 73.6 Å². The highest BCUT2D eigenvalue weighted by Gasteiger charge is 2.50. The predicted molar refractivity (Wildman–Crippen MR) is 151 cm³/mol. The Balaban J connectivity index is 1.99. The molecule has 1 amide bonds. The molecule has 0 aliphatic heterocycles. The molecular weight excluding hydrogens is 464 g/mol. The molecule has 0 radical (unpaired) electrons. The molecule has 0 aromatic heterocycles. The van der Waals surface area contributed by atoms with Crippen molar-refractivity contribution in [2.24, 2.45) is 0 Å². The lowest BCUT2D eigenvalue weighted by molar-refractivity contribution is 0.0486. The third-order valence-electron chi connectivity index (χ3n) is 6.07. The molecule has 0 saturated heterocycles. The van der Waals surface area contributed by atoms with Gasteiger partial charge in [-0.25, -0.2) is 4.79 Å². The average molecular weight is 505 g/mol. The third-order valence-corrected chi connectivity index (χ3v) is 11.1. The van der Waals surface area contributed by atoms with E-state index < -0.39 is 20.0 Å². The predicted octanol–water partition coefficient (Wildman–Crippen LogP) is 5.28. The number of amides is 1. The molecule has 3 aromatic carbocycles. The van der Waals surface area contributed by atoms with Crippen LogP contribution in [0.15, 0.2) is 84.9 Å². The van der Waals surface area contributed by atoms with Gasteiger partial charge in [-0.05, 0) is 60.3 Å². The van der Waals surface area contributed by atoms with Crippen molar-refractivity contribution in [1.82, 2.24) is 5.32 Å². The third kappa shape index (κ3) is 6.99. The maximum absolute atomic E-state index is 12.8. The van der Waals surface area contributed by atoms with E-state index in [0.717, 1.165) is 5.56 Å². The fourth-order valence-corrected chi connectivity index (χ4v) is 9.22. The van der Waals surface area contributed by atoms with Crippen LogP contribution in [0.4, 0.5) is 10.5 Å². The summed E-state index contributed by atoms with van der Waals surface area (Å²) in [5, 5.41) is 5.30. The Labute approximate surface area is 217 Å². The molecule has 0 spiro atoms. The van der Waals surface area contributed by atoms with E-state index in [1.165, 1.54) is 10.4 Å². The molecule has 5 nitrogen and oxygen atoms in total. The average Bonchev–Trinajstić information content (AvgIpc) is 2.78. The molecule has 0 saturated carbocycles. The van der Waals surface area contributed by atoms with E-state index in [4.69, 9.17) is 14.9 Å². The van der Waals surface area contributed by atoms with E-state index in [0.29, 0.717) is 18.7 Å². The second-order valence-corrected chi connectivity index (χ2v) is 15.6. The minimum atomic E-state index is -2.75. The summed E-state index contributed by atoms with van der Waals surface area (Å²) < 4.78 is 12.7. The number of nitrogen functional groups attached to an aromatic ring is 1. The van der Waals surface area contributed by atoms with Crippen molar-refractivity contribution in [2.45, 2.75) is 64.6 Å². The number of carbonyl (C=O) groups is 1. The first kappa shape index (κ1) is 27.5. The number of alkyl carbamates (subject to hydrolysis) is 1. The van der Waals surface area contributed by atoms with Gasteiger partial charge in [0.15, 0.2) is 0 Å². The monoisotopic (exact) mass is 504 g/mol. The summed E-state index contributed by atoms with van der Waals surface area (Å²) in [7, 11) is -2.75. The second kappa shape index (κ2) is 11.3. The minimum Gasteiger partial charge on any atom is -0.444 e. The van der Waals surface area contributed by atoms with E-state index in [-0.39, 0.29) is 11.1 Å². The van der Waals surface area contributed by atoms with E-state index in [1.54, 1.807) is 0 Å². The van der Waals surface area contributed by atoms with Crippen LogP contribution in [0, 0.1) is 0 Å². The Bertz CT molecular complexity index is 1080. The van der Waals surface area contributed by atoms with Gasteiger partial charge in [-0.15, -0.1) is 0 Å². The Morgan fingerprint density at radius 3 is 1.89 bits per heavy atom. The number of hydrogen-bond donors (Lipinski definition) is 2. The number of ether oxygens (including phenoxy) is 1. The normalized spacial score (nSPS) is 13.2. The van der Waals surface area contributed by atoms with Gasteiger partial charge in [0.2, 0.25) is 0 Å². The molecule has 0 fully saturated rings. The Morgan fingerprint density at radius 2 is 1.42 bits per heavy atom. The van der Waals surface area contributed by atoms with E-state index in [9.17, 15) is 4.79 Å². The highest BCUT2D eigenvalue weighted by atomic mass is 28.4. The number of nitrogens with one attached hydrogen (secondary N) is 1. The zero-order valence-electron chi connectivity index (χ0n) is 22.4. The lowest BCUT2D eigenvalue weighted by atomic mass is 10.1. The van der Waals surface area contributed by atoms with Crippen molar-refractivity contribution in [3.05, 3.63) is 90.5 Å². The number of carbonyl (C=O) groups excluding carboxylic acids is 1. The molecule has 3 rings (SSSR count). The smallest absolute Gasteiger partial charge is 0.407 e. The number of nitrogens with two attached hydrogens (primary N) is 1. The molecule has 0 aliphatic rings. The van der Waals surface area contributed by atoms with Crippen molar-refractivity contribution < 1.29 is 14.0 Å². The summed E-state index contributed by atoms with van der Waals surface area (Å²) in [6.45, 7) is 12.6. The van der Waals surface area contributed by atoms with Crippen LogP contribution in [0.1, 0.15) is 47.1 Å². The first-order chi connectivity index (χ1) is 16.9. The van der Waals surface area contributed by atoms with Crippen LogP contribution in [0.2, 0.25) is 5.04 Å². The van der Waals surface area contributed by atoms with Gasteiger partial charge < -0.3 is 20.2 Å². The zero-order chi connectivity index (χ0) is 26.4. The van der Waals surface area contributed by atoms with Crippen molar-refractivity contribution >= 4 is 30.5 Å². The Kier molecular flexibility index (Phi) is 8.64. The first-order valence-electron chi connectivity index (χ1n) is 12.5. The maximum atomic E-state index is 12.8. The van der Waals surface area contributed by atoms with Crippen molar-refractivity contribution in [3.8, 4) is 0 Å². The lowest BCUT2D eigenvalue weighted by Gasteiger charge is -2.43. The van der Waals surface area contributed by atoms with Gasteiger partial charge >= 0.3 is 6.09 Å². The van der Waals surface area contributed by atoms with E-state index >= 15 is 0 Å². The molecule has 3 aromatic rings. The molecule has 36 heavy (non-hydrogen) atoms. The largest absolute Gasteiger partial charge is 0.444 e. The molecule has 6 heteroatoms. The van der Waals surface area contributed by atoms with Crippen LogP contribution in [-0.4, -0.2) is 32.7 Å². The summed E-state index contributed by atoms with van der Waals surface area (Å²) >= 11 is 0. The molecule has 192 valence electrons. The molecule has 3 N–H and O–H groups in total. The fourth-order valence-electron chi connectivity index (χ4n) is 4.62. The van der Waals surface area contributed by atoms with Gasteiger partial charge in [0.05, 0.1) is 12.6 Å². The summed E-state index contributed by atoms with van der Waals surface area (Å²) in [6.07, 6.45) is 0.116. The second-order valence-electron chi connectivity index (χ2n) is 11.3. The number of benzene rings is 3. The van der Waals surface area contributed by atoms with Gasteiger partial charge in [0.25, 0.3) is 8.32 Å². The van der Waals surface area contributed by atoms with Gasteiger partial charge in [-0.2, -0.15) is 0 Å². The summed E-state index contributed by atoms with van der Waals surface area (Å²) in [5.74, 6) is 0. The standard InChI is InChI=1S/C30H40N2O3Si/c1-29(2,3)35-28(33)32-25(21-23-14-13-15-24(31)20-23)22-34-36(30(4,5)6,26-16-9-7-10-17-26)27-18-11-8-12-19-27/h7-20,25H,21-22,31H2,1-6H3,(H,32,33)/t25-/m0/s1. The molecule has 0 heterocycles. The van der Waals surface area contributed by atoms with Gasteiger partial charge in [0, 0.05) is 5.69 Å². The maximum Gasteiger partial charge on any atom is 0.407 e. The van der Waals surface area contributed by atoms with Gasteiger partial charge in [-0.3, -0.25) is 0 Å². The first-order valence-corrected chi connectivity index (χ1v) is 14.4. The van der Waals surface area contributed by atoms with Crippen LogP contribution < -0.4 is 21.4 Å². The van der Waals surface area contributed by atoms with Crippen molar-refractivity contribution in [2.75, 3.05) is 12.3 Å². The number of hydrogen-bond acceptors (Lipinski definition) is 4. The summed E-state index contributed by atoms with van der Waals surface area (Å²) in [4.78, 5) is 12.8. The van der Waals surface area contributed by atoms with Crippen molar-refractivity contribution in [1.29, 1.82) is 0 Å². The molecule has 0 bridgehead atoms. The highest BCUT2D eigenvalue weighted by Crippen LogP contribution is 2.36. The Morgan fingerprint density at radius 1 is 0.861 bits per heavy atom. The van der Waals surface area contributed by atoms with Gasteiger partial charge in [-0.1, -0.05) is 93.6 Å². The molecular formula is C30H40N2O3Si. The zero-order valence-corrected chi connectivity index (χ0v) is 23.4. The molecule has 0 unspecified atom stereocenters. The highest BCUT2D eigenvalue weighted by molar-refractivity contribution is 6.99. The molecule has 0 aliphatic carbocycles. The lowest BCUT2D eigenvalue weighted by Crippen LogP contribution is -2.67. The number of anilines is 1. The minimum absolute atomic E-state index is 0.163. The van der Waals surface area contributed by atoms with Crippen molar-refractivity contribution in [3.63, 3.8) is 0 Å². The SMILES string of the molecule is CC(C)(C)OC(=O)N[C@H](CO[Si](c1ccccc1)(c1ccccc1)C(C)(C)C)Cc1cccc(N)c1. The van der Waals surface area contributed by atoms with E-state index in [1.807, 2.05) is 57.2 Å². The quantitative estimate of drug-likeness (QED) is 0.323. The Hall–Kier alpha value is -3.09.